The number of carbonyl (C=O) groups excluding carboxylic acids is 1. The number of methoxy groups -OCH3 is 1. The van der Waals surface area contributed by atoms with E-state index in [0.717, 1.165) is 11.3 Å². The Morgan fingerprint density at radius 2 is 1.78 bits per heavy atom. The van der Waals surface area contributed by atoms with Crippen molar-refractivity contribution in [3.63, 3.8) is 0 Å². The molecule has 0 aliphatic carbocycles. The molecule has 5 nitrogen and oxygen atoms in total. The highest BCUT2D eigenvalue weighted by Crippen LogP contribution is 2.23. The van der Waals surface area contributed by atoms with Crippen LogP contribution in [0.3, 0.4) is 0 Å². The Balaban J connectivity index is 1.76. The van der Waals surface area contributed by atoms with E-state index in [4.69, 9.17) is 4.74 Å². The lowest BCUT2D eigenvalue weighted by Crippen LogP contribution is -2.34. The average Bonchev–Trinajstić information content (AvgIpc) is 2.70. The van der Waals surface area contributed by atoms with Gasteiger partial charge in [0.15, 0.2) is 0 Å². The molecule has 1 atom stereocenters. The normalized spacial score (nSPS) is 11.5. The zero-order valence-electron chi connectivity index (χ0n) is 15.5. The van der Waals surface area contributed by atoms with Gasteiger partial charge in [0.2, 0.25) is 0 Å². The van der Waals surface area contributed by atoms with E-state index >= 15 is 0 Å². The molecule has 1 aromatic heterocycles. The van der Waals surface area contributed by atoms with Gasteiger partial charge >= 0.3 is 6.03 Å². The number of nitrogens with one attached hydrogen (secondary N) is 2. The number of amides is 2. The Morgan fingerprint density at radius 3 is 2.48 bits per heavy atom. The Bertz CT molecular complexity index is 880. The van der Waals surface area contributed by atoms with Gasteiger partial charge < -0.3 is 15.4 Å². The third-order valence-corrected chi connectivity index (χ3v) is 4.27. The topological polar surface area (TPSA) is 63.2 Å². The summed E-state index contributed by atoms with van der Waals surface area (Å²) in [5.41, 5.74) is 3.77. The number of aromatic nitrogens is 1. The van der Waals surface area contributed by atoms with Crippen LogP contribution in [-0.2, 0) is 6.42 Å². The zero-order valence-corrected chi connectivity index (χ0v) is 15.5. The van der Waals surface area contributed by atoms with E-state index in [-0.39, 0.29) is 12.1 Å². The quantitative estimate of drug-likeness (QED) is 0.679. The van der Waals surface area contributed by atoms with Gasteiger partial charge in [0.1, 0.15) is 5.75 Å². The number of anilines is 1. The van der Waals surface area contributed by atoms with Crippen molar-refractivity contribution < 1.29 is 9.53 Å². The number of para-hydroxylation sites is 2. The van der Waals surface area contributed by atoms with E-state index in [2.05, 4.69) is 46.8 Å². The van der Waals surface area contributed by atoms with Crippen molar-refractivity contribution in [2.75, 3.05) is 12.4 Å². The fourth-order valence-corrected chi connectivity index (χ4v) is 2.84. The first kappa shape index (κ1) is 18.5. The summed E-state index contributed by atoms with van der Waals surface area (Å²) in [7, 11) is 1.58. The summed E-state index contributed by atoms with van der Waals surface area (Å²) in [6.45, 7) is 2.05. The van der Waals surface area contributed by atoms with E-state index in [1.54, 1.807) is 25.4 Å². The molecule has 0 spiro atoms. The molecule has 1 unspecified atom stereocenters. The van der Waals surface area contributed by atoms with Crippen molar-refractivity contribution in [1.82, 2.24) is 10.3 Å². The van der Waals surface area contributed by atoms with E-state index in [1.165, 1.54) is 5.56 Å². The van der Waals surface area contributed by atoms with E-state index in [0.29, 0.717) is 17.9 Å². The molecule has 2 aromatic carbocycles. The highest BCUT2D eigenvalue weighted by molar-refractivity contribution is 5.91. The first-order chi connectivity index (χ1) is 13.2. The summed E-state index contributed by atoms with van der Waals surface area (Å²) in [4.78, 5) is 17.0. The highest BCUT2D eigenvalue weighted by atomic mass is 16.5. The van der Waals surface area contributed by atoms with Crippen LogP contribution in [0.1, 0.15) is 22.9 Å². The van der Waals surface area contributed by atoms with Crippen molar-refractivity contribution in [1.29, 1.82) is 0 Å². The summed E-state index contributed by atoms with van der Waals surface area (Å²) in [5, 5.41) is 5.88. The number of pyridine rings is 1. The molecule has 0 bridgehead atoms. The predicted molar refractivity (Wildman–Crippen MR) is 107 cm³/mol. The second-order valence-electron chi connectivity index (χ2n) is 6.30. The molecular formula is C22H23N3O2. The number of aryl methyl sites for hydroxylation is 1. The molecule has 3 rings (SSSR count). The molecule has 3 aromatic rings. The molecule has 1 heterocycles. The number of ether oxygens (including phenoxy) is 1. The molecule has 0 saturated heterocycles. The van der Waals surface area contributed by atoms with Crippen molar-refractivity contribution in [2.45, 2.75) is 19.4 Å². The van der Waals surface area contributed by atoms with Gasteiger partial charge in [-0.15, -0.1) is 0 Å². The largest absolute Gasteiger partial charge is 0.495 e. The average molecular weight is 361 g/mol. The predicted octanol–water partition coefficient (Wildman–Crippen LogP) is 4.50. The summed E-state index contributed by atoms with van der Waals surface area (Å²) < 4.78 is 5.29. The molecule has 0 saturated carbocycles. The number of urea groups is 1. The number of hydrogen-bond donors (Lipinski definition) is 2. The minimum Gasteiger partial charge on any atom is -0.495 e. The Kier molecular flexibility index (Phi) is 6.05. The van der Waals surface area contributed by atoms with Gasteiger partial charge in [0.25, 0.3) is 0 Å². The van der Waals surface area contributed by atoms with Gasteiger partial charge in [-0.1, -0.05) is 48.0 Å². The minimum absolute atomic E-state index is 0.247. The van der Waals surface area contributed by atoms with Crippen molar-refractivity contribution in [2.24, 2.45) is 0 Å². The van der Waals surface area contributed by atoms with Crippen molar-refractivity contribution >= 4 is 11.7 Å². The van der Waals surface area contributed by atoms with Crippen LogP contribution in [0.25, 0.3) is 0 Å². The zero-order chi connectivity index (χ0) is 19.1. The Labute approximate surface area is 159 Å². The van der Waals surface area contributed by atoms with Crippen LogP contribution in [0.15, 0.2) is 72.9 Å². The van der Waals surface area contributed by atoms with E-state index in [1.807, 2.05) is 30.3 Å². The lowest BCUT2D eigenvalue weighted by atomic mass is 10.0. The fraction of sp³-hybridized carbons (Fsp3) is 0.182. The van der Waals surface area contributed by atoms with Gasteiger partial charge in [0.05, 0.1) is 24.5 Å². The summed E-state index contributed by atoms with van der Waals surface area (Å²) in [6, 6.07) is 20.7. The van der Waals surface area contributed by atoms with E-state index < -0.39 is 0 Å². The molecule has 0 radical (unpaired) electrons. The molecular weight excluding hydrogens is 338 g/mol. The van der Waals surface area contributed by atoms with Crippen molar-refractivity contribution in [3.05, 3.63) is 89.7 Å². The van der Waals surface area contributed by atoms with Gasteiger partial charge in [-0.05, 0) is 43.2 Å². The van der Waals surface area contributed by atoms with Gasteiger partial charge in [0, 0.05) is 6.20 Å². The lowest BCUT2D eigenvalue weighted by molar-refractivity contribution is 0.248. The van der Waals surface area contributed by atoms with Gasteiger partial charge in [-0.25, -0.2) is 4.79 Å². The number of benzene rings is 2. The van der Waals surface area contributed by atoms with Crippen LogP contribution in [-0.4, -0.2) is 18.1 Å². The maximum atomic E-state index is 12.6. The van der Waals surface area contributed by atoms with Gasteiger partial charge in [-0.2, -0.15) is 0 Å². The standard InChI is InChI=1S/C22H23N3O2/c1-16-10-12-17(13-11-16)15-20(18-7-5-6-14-23-18)25-22(26)24-19-8-3-4-9-21(19)27-2/h3-14,20H,15H2,1-2H3,(H2,24,25,26). The summed E-state index contributed by atoms with van der Waals surface area (Å²) in [6.07, 6.45) is 2.38. The number of nitrogens with zero attached hydrogens (tertiary/aromatic N) is 1. The molecule has 0 fully saturated rings. The molecule has 5 heteroatoms. The third-order valence-electron chi connectivity index (χ3n) is 4.27. The van der Waals surface area contributed by atoms with Crippen LogP contribution in [0.2, 0.25) is 0 Å². The first-order valence-electron chi connectivity index (χ1n) is 8.82. The summed E-state index contributed by atoms with van der Waals surface area (Å²) in [5.74, 6) is 0.612. The fourth-order valence-electron chi connectivity index (χ4n) is 2.84. The summed E-state index contributed by atoms with van der Waals surface area (Å²) >= 11 is 0. The molecule has 138 valence electrons. The second-order valence-corrected chi connectivity index (χ2v) is 6.30. The van der Waals surface area contributed by atoms with Crippen LogP contribution in [0.5, 0.6) is 5.75 Å². The molecule has 0 aliphatic heterocycles. The molecule has 0 aliphatic rings. The Morgan fingerprint density at radius 1 is 1.04 bits per heavy atom. The number of rotatable bonds is 6. The Hall–Kier alpha value is -3.34. The minimum atomic E-state index is -0.303. The van der Waals surface area contributed by atoms with E-state index in [9.17, 15) is 4.79 Å². The molecule has 2 N–H and O–H groups in total. The van der Waals surface area contributed by atoms with Crippen LogP contribution < -0.4 is 15.4 Å². The van der Waals surface area contributed by atoms with Crippen LogP contribution in [0.4, 0.5) is 10.5 Å². The maximum absolute atomic E-state index is 12.6. The molecule has 27 heavy (non-hydrogen) atoms. The third kappa shape index (κ3) is 5.07. The lowest BCUT2D eigenvalue weighted by Gasteiger charge is -2.19. The van der Waals surface area contributed by atoms with Crippen LogP contribution >= 0.6 is 0 Å². The maximum Gasteiger partial charge on any atom is 0.319 e. The number of carbonyl (C=O) groups is 1. The first-order valence-corrected chi connectivity index (χ1v) is 8.82. The second kappa shape index (κ2) is 8.85. The SMILES string of the molecule is COc1ccccc1NC(=O)NC(Cc1ccc(C)cc1)c1ccccn1. The van der Waals surface area contributed by atoms with Crippen LogP contribution in [0, 0.1) is 6.92 Å². The molecule has 2 amide bonds. The van der Waals surface area contributed by atoms with Gasteiger partial charge in [-0.3, -0.25) is 4.98 Å². The highest BCUT2D eigenvalue weighted by Gasteiger charge is 2.17. The number of hydrogen-bond acceptors (Lipinski definition) is 3. The van der Waals surface area contributed by atoms with Crippen molar-refractivity contribution in [3.8, 4) is 5.75 Å². The smallest absolute Gasteiger partial charge is 0.319 e. The monoisotopic (exact) mass is 361 g/mol.